The molecule has 1 aromatic rings. The van der Waals surface area contributed by atoms with E-state index in [1.807, 2.05) is 0 Å². The molecule has 0 aliphatic rings. The van der Waals surface area contributed by atoms with Crippen LogP contribution in [0.2, 0.25) is 5.15 Å². The van der Waals surface area contributed by atoms with Crippen molar-refractivity contribution in [3.8, 4) is 0 Å². The Morgan fingerprint density at radius 1 is 1.00 bits per heavy atom. The van der Waals surface area contributed by atoms with Crippen LogP contribution >= 0.6 is 11.6 Å². The number of aromatic nitrogens is 2. The molecule has 140 valence electrons. The molecule has 1 rings (SSSR count). The molecule has 0 spiro atoms. The number of halogens is 1. The second-order valence-electron chi connectivity index (χ2n) is 5.74. The molecule has 0 saturated heterocycles. The number of anilines is 2. The van der Waals surface area contributed by atoms with E-state index in [2.05, 4.69) is 9.97 Å². The van der Waals surface area contributed by atoms with Crippen LogP contribution in [0.5, 0.6) is 0 Å². The molecule has 1 heterocycles. The number of hydrogen-bond donors (Lipinski definition) is 5. The van der Waals surface area contributed by atoms with Crippen molar-refractivity contribution in [2.45, 2.75) is 44.9 Å². The number of carbonyl (C=O) groups excluding carboxylic acids is 1. The Labute approximate surface area is 152 Å². The van der Waals surface area contributed by atoms with Gasteiger partial charge in [0.25, 0.3) is 5.91 Å². The van der Waals surface area contributed by atoms with Crippen LogP contribution in [0.15, 0.2) is 0 Å². The number of carbonyl (C=O) groups is 1. The number of nitrogens with zero attached hydrogens (tertiary/aromatic N) is 3. The molecular formula is C15H27ClN8O. The maximum Gasteiger partial charge on any atom is 0.283 e. The Balaban J connectivity index is 2.55. The molecule has 0 unspecified atom stereocenters. The van der Waals surface area contributed by atoms with Crippen molar-refractivity contribution < 1.29 is 4.79 Å². The van der Waals surface area contributed by atoms with Gasteiger partial charge in [0, 0.05) is 6.54 Å². The molecule has 0 aliphatic carbocycles. The highest BCUT2D eigenvalue weighted by atomic mass is 35.5. The molecule has 0 saturated carbocycles. The van der Waals surface area contributed by atoms with Gasteiger partial charge in [0.15, 0.2) is 28.4 Å². The average Bonchev–Trinajstić information content (AvgIpc) is 2.56. The Kier molecular flexibility index (Phi) is 8.93. The van der Waals surface area contributed by atoms with Gasteiger partial charge >= 0.3 is 0 Å². The monoisotopic (exact) mass is 370 g/mol. The fourth-order valence-corrected chi connectivity index (χ4v) is 2.48. The highest BCUT2D eigenvalue weighted by Crippen LogP contribution is 2.19. The van der Waals surface area contributed by atoms with Gasteiger partial charge < -0.3 is 22.9 Å². The molecule has 10 heteroatoms. The molecule has 25 heavy (non-hydrogen) atoms. The smallest absolute Gasteiger partial charge is 0.283 e. The fraction of sp³-hybridized carbons (Fsp3) is 0.600. The number of unbranched alkanes of at least 4 members (excludes halogenated alkanes) is 6. The van der Waals surface area contributed by atoms with Crippen LogP contribution in [0.4, 0.5) is 11.6 Å². The van der Waals surface area contributed by atoms with Crippen molar-refractivity contribution in [2.75, 3.05) is 24.6 Å². The summed E-state index contributed by atoms with van der Waals surface area (Å²) in [7, 11) is 0. The zero-order chi connectivity index (χ0) is 18.8. The molecule has 1 amide bonds. The topological polar surface area (TPSA) is 174 Å². The minimum Gasteiger partial charge on any atom is -0.382 e. The Bertz CT molecular complexity index is 595. The van der Waals surface area contributed by atoms with Crippen molar-refractivity contribution in [1.29, 1.82) is 5.41 Å². The lowest BCUT2D eigenvalue weighted by molar-refractivity contribution is 0.0838. The van der Waals surface area contributed by atoms with Crippen LogP contribution in [-0.4, -0.2) is 39.8 Å². The molecule has 0 aliphatic heterocycles. The summed E-state index contributed by atoms with van der Waals surface area (Å²) in [4.78, 5) is 21.3. The lowest BCUT2D eigenvalue weighted by atomic mass is 10.1. The first-order valence-electron chi connectivity index (χ1n) is 8.33. The third-order valence-electron chi connectivity index (χ3n) is 3.73. The maximum absolute atomic E-state index is 12.5. The van der Waals surface area contributed by atoms with Crippen LogP contribution in [0.1, 0.15) is 55.4 Å². The molecule has 0 atom stereocenters. The van der Waals surface area contributed by atoms with Crippen molar-refractivity contribution >= 4 is 35.1 Å². The van der Waals surface area contributed by atoms with E-state index in [4.69, 9.17) is 39.9 Å². The first-order valence-corrected chi connectivity index (χ1v) is 8.70. The van der Waals surface area contributed by atoms with Gasteiger partial charge in [0.05, 0.1) is 0 Å². The van der Waals surface area contributed by atoms with Gasteiger partial charge in [-0.15, -0.1) is 0 Å². The van der Waals surface area contributed by atoms with Gasteiger partial charge in [0.2, 0.25) is 0 Å². The number of amides is 1. The van der Waals surface area contributed by atoms with E-state index in [9.17, 15) is 4.79 Å². The summed E-state index contributed by atoms with van der Waals surface area (Å²) >= 11 is 5.79. The van der Waals surface area contributed by atoms with E-state index in [0.29, 0.717) is 6.54 Å². The second kappa shape index (κ2) is 10.7. The van der Waals surface area contributed by atoms with Gasteiger partial charge in [-0.25, -0.2) is 9.97 Å². The fourth-order valence-electron chi connectivity index (χ4n) is 2.36. The maximum atomic E-state index is 12.5. The van der Waals surface area contributed by atoms with E-state index < -0.39 is 5.91 Å². The van der Waals surface area contributed by atoms with E-state index >= 15 is 0 Å². The molecule has 1 aromatic heterocycles. The molecule has 0 aromatic carbocycles. The highest BCUT2D eigenvalue weighted by molar-refractivity contribution is 6.31. The molecule has 0 radical (unpaired) electrons. The van der Waals surface area contributed by atoms with E-state index in [1.165, 1.54) is 0 Å². The SMILES string of the molecule is N=C(N)N(CCCCCCCCCN)C(=O)c1nc(Cl)c(N)nc1N. The number of guanidine groups is 1. The number of nitrogen functional groups attached to an aromatic ring is 2. The second-order valence-corrected chi connectivity index (χ2v) is 6.10. The summed E-state index contributed by atoms with van der Waals surface area (Å²) in [5.41, 5.74) is 22.0. The molecule has 9 nitrogen and oxygen atoms in total. The lowest BCUT2D eigenvalue weighted by Gasteiger charge is -2.20. The van der Waals surface area contributed by atoms with Crippen molar-refractivity contribution in [3.63, 3.8) is 0 Å². The van der Waals surface area contributed by atoms with E-state index in [-0.39, 0.29) is 28.4 Å². The summed E-state index contributed by atoms with van der Waals surface area (Å²) < 4.78 is 0. The number of nitrogens with two attached hydrogens (primary N) is 4. The number of hydrogen-bond acceptors (Lipinski definition) is 7. The normalized spacial score (nSPS) is 10.6. The summed E-state index contributed by atoms with van der Waals surface area (Å²) in [5.74, 6) is -1.18. The molecule has 0 bridgehead atoms. The standard InChI is InChI=1S/C15H27ClN8O/c16-11-13(19)23-12(18)10(22-11)14(25)24(15(20)21)9-7-5-3-1-2-4-6-8-17/h1-9,17H2,(H3,20,21)(H4,18,19,23). The largest absolute Gasteiger partial charge is 0.382 e. The predicted molar refractivity (Wildman–Crippen MR) is 100 cm³/mol. The van der Waals surface area contributed by atoms with Gasteiger partial charge in [-0.2, -0.15) is 0 Å². The predicted octanol–water partition coefficient (Wildman–Crippen LogP) is 1.32. The first-order chi connectivity index (χ1) is 11.9. The third-order valence-corrected chi connectivity index (χ3v) is 4.01. The van der Waals surface area contributed by atoms with E-state index in [1.54, 1.807) is 0 Å². The van der Waals surface area contributed by atoms with Crippen LogP contribution in [0.3, 0.4) is 0 Å². The number of nitrogens with one attached hydrogen (secondary N) is 1. The first kappa shape index (κ1) is 20.9. The van der Waals surface area contributed by atoms with Gasteiger partial charge in [0.1, 0.15) is 0 Å². The van der Waals surface area contributed by atoms with Crippen LogP contribution < -0.4 is 22.9 Å². The average molecular weight is 371 g/mol. The van der Waals surface area contributed by atoms with Crippen molar-refractivity contribution in [3.05, 3.63) is 10.8 Å². The molecule has 0 fully saturated rings. The van der Waals surface area contributed by atoms with E-state index in [0.717, 1.165) is 56.4 Å². The van der Waals surface area contributed by atoms with Crippen LogP contribution in [-0.2, 0) is 0 Å². The van der Waals surface area contributed by atoms with Crippen molar-refractivity contribution in [2.24, 2.45) is 11.5 Å². The Morgan fingerprint density at radius 2 is 1.56 bits per heavy atom. The summed E-state index contributed by atoms with van der Waals surface area (Å²) in [6, 6.07) is 0. The minimum atomic E-state index is -0.609. The Morgan fingerprint density at radius 3 is 2.12 bits per heavy atom. The van der Waals surface area contributed by atoms with Gasteiger partial charge in [-0.1, -0.05) is 43.7 Å². The van der Waals surface area contributed by atoms with Gasteiger partial charge in [-0.3, -0.25) is 15.1 Å². The zero-order valence-electron chi connectivity index (χ0n) is 14.3. The van der Waals surface area contributed by atoms with Crippen LogP contribution in [0.25, 0.3) is 0 Å². The third kappa shape index (κ3) is 6.71. The minimum absolute atomic E-state index is 0.0558. The molecular weight excluding hydrogens is 344 g/mol. The summed E-state index contributed by atoms with van der Waals surface area (Å²) in [6.07, 6.45) is 7.19. The van der Waals surface area contributed by atoms with Crippen LogP contribution in [0, 0.1) is 5.41 Å². The molecule has 9 N–H and O–H groups in total. The van der Waals surface area contributed by atoms with Gasteiger partial charge in [-0.05, 0) is 19.4 Å². The lowest BCUT2D eigenvalue weighted by Crippen LogP contribution is -2.42. The Hall–Kier alpha value is -2.13. The summed E-state index contributed by atoms with van der Waals surface area (Å²) in [6.45, 7) is 1.04. The van der Waals surface area contributed by atoms with Crippen molar-refractivity contribution in [1.82, 2.24) is 14.9 Å². The highest BCUT2D eigenvalue weighted by Gasteiger charge is 2.23. The zero-order valence-corrected chi connectivity index (χ0v) is 15.1. The quantitative estimate of drug-likeness (QED) is 0.234. The number of rotatable bonds is 10. The summed E-state index contributed by atoms with van der Waals surface area (Å²) in [5, 5.41) is 7.50.